The minimum atomic E-state index is -2.50. The van der Waals surface area contributed by atoms with Crippen LogP contribution in [0.3, 0.4) is 0 Å². The summed E-state index contributed by atoms with van der Waals surface area (Å²) in [5, 5.41) is 0. The summed E-state index contributed by atoms with van der Waals surface area (Å²) in [7, 11) is -11.5. The van der Waals surface area contributed by atoms with Crippen molar-refractivity contribution in [2.24, 2.45) is 0 Å². The predicted molar refractivity (Wildman–Crippen MR) is 162 cm³/mol. The van der Waals surface area contributed by atoms with Crippen LogP contribution in [0.4, 0.5) is 0 Å². The molecule has 1 unspecified atom stereocenters. The summed E-state index contributed by atoms with van der Waals surface area (Å²) in [5.41, 5.74) is 0. The summed E-state index contributed by atoms with van der Waals surface area (Å²) < 4.78 is 43.8. The van der Waals surface area contributed by atoms with E-state index < -0.39 is 50.9 Å². The standard InChI is InChI=1S/C19H52O7Si6.2CH4/c1-20-17-18-21-16-15-19-32(14,23-28(5,6)7)26-31(12,13)25-30(10,11)24-29(8,9)22-27(2,3)4;;/h15-19H2,1-14H3;2*1H4. The number of rotatable bonds is 17. The van der Waals surface area contributed by atoms with E-state index in [1.54, 1.807) is 7.11 Å². The third kappa shape index (κ3) is 21.1. The number of methoxy groups -OCH3 is 1. The molecule has 7 nitrogen and oxygen atoms in total. The van der Waals surface area contributed by atoms with E-state index in [2.05, 4.69) is 85.1 Å². The van der Waals surface area contributed by atoms with E-state index in [-0.39, 0.29) is 14.9 Å². The quantitative estimate of drug-likeness (QED) is 0.130. The zero-order valence-corrected chi connectivity index (χ0v) is 29.4. The van der Waals surface area contributed by atoms with Crippen molar-refractivity contribution >= 4 is 50.9 Å². The molecule has 0 saturated heterocycles. The van der Waals surface area contributed by atoms with Crippen molar-refractivity contribution in [1.82, 2.24) is 0 Å². The zero-order chi connectivity index (χ0) is 25.5. The normalized spacial score (nSPS) is 15.4. The van der Waals surface area contributed by atoms with Gasteiger partial charge in [-0.05, 0) is 97.6 Å². The third-order valence-corrected chi connectivity index (χ3v) is 25.3. The Kier molecular flexibility index (Phi) is 17.9. The summed E-state index contributed by atoms with van der Waals surface area (Å²) >= 11 is 0. The maximum atomic E-state index is 6.81. The lowest BCUT2D eigenvalue weighted by Gasteiger charge is -2.43. The molecular weight excluding hydrogens is 533 g/mol. The van der Waals surface area contributed by atoms with Crippen LogP contribution in [0.25, 0.3) is 0 Å². The van der Waals surface area contributed by atoms with Crippen LogP contribution in [0, 0.1) is 0 Å². The number of hydrogen-bond donors (Lipinski definition) is 0. The van der Waals surface area contributed by atoms with Crippen LogP contribution in [0.1, 0.15) is 21.3 Å². The smallest absolute Gasteiger partial charge is 0.315 e. The van der Waals surface area contributed by atoms with Crippen LogP contribution in [0.2, 0.25) is 91.2 Å². The Morgan fingerprint density at radius 2 is 0.882 bits per heavy atom. The van der Waals surface area contributed by atoms with Crippen LogP contribution >= 0.6 is 0 Å². The van der Waals surface area contributed by atoms with E-state index in [1.165, 1.54) is 0 Å². The molecule has 0 aliphatic rings. The predicted octanol–water partition coefficient (Wildman–Crippen LogP) is 7.24. The Morgan fingerprint density at radius 1 is 0.471 bits per heavy atom. The van der Waals surface area contributed by atoms with Gasteiger partial charge in [0.05, 0.1) is 13.2 Å². The molecule has 0 heterocycles. The second kappa shape index (κ2) is 15.4. The van der Waals surface area contributed by atoms with Gasteiger partial charge in [-0.2, -0.15) is 0 Å². The SMILES string of the molecule is C.C.COCCOCCC[Si](C)(O[Si](C)(C)C)O[Si](C)(C)O[Si](C)(C)O[Si](C)(C)O[Si](C)(C)C. The van der Waals surface area contributed by atoms with Gasteiger partial charge in [0.15, 0.2) is 16.6 Å². The van der Waals surface area contributed by atoms with Gasteiger partial charge in [-0.15, -0.1) is 0 Å². The molecule has 0 aromatic rings. The van der Waals surface area contributed by atoms with Crippen molar-refractivity contribution in [3.63, 3.8) is 0 Å². The molecule has 0 amide bonds. The molecule has 0 N–H and O–H groups in total. The Balaban J connectivity index is -0.00000480. The van der Waals surface area contributed by atoms with Crippen molar-refractivity contribution < 1.29 is 30.0 Å². The van der Waals surface area contributed by atoms with Crippen molar-refractivity contribution in [1.29, 1.82) is 0 Å². The summed E-state index contributed by atoms with van der Waals surface area (Å²) in [6, 6.07) is 0.881. The van der Waals surface area contributed by atoms with Crippen LogP contribution in [-0.2, 0) is 30.0 Å². The first-order valence-electron chi connectivity index (χ1n) is 11.7. The highest BCUT2D eigenvalue weighted by Crippen LogP contribution is 2.29. The highest BCUT2D eigenvalue weighted by atomic mass is 28.5. The number of ether oxygens (including phenoxy) is 2. The van der Waals surface area contributed by atoms with Gasteiger partial charge < -0.3 is 30.0 Å². The molecule has 0 aromatic carbocycles. The molecule has 0 aliphatic carbocycles. The van der Waals surface area contributed by atoms with Gasteiger partial charge >= 0.3 is 34.2 Å². The van der Waals surface area contributed by atoms with Crippen LogP contribution in [-0.4, -0.2) is 77.8 Å². The van der Waals surface area contributed by atoms with E-state index in [9.17, 15) is 0 Å². The average molecular weight is 593 g/mol. The Morgan fingerprint density at radius 3 is 1.29 bits per heavy atom. The zero-order valence-electron chi connectivity index (χ0n) is 23.4. The van der Waals surface area contributed by atoms with E-state index in [0.29, 0.717) is 19.8 Å². The fraction of sp³-hybridized carbons (Fsp3) is 1.00. The van der Waals surface area contributed by atoms with Crippen LogP contribution in [0.15, 0.2) is 0 Å². The van der Waals surface area contributed by atoms with Gasteiger partial charge in [0.1, 0.15) is 0 Å². The molecule has 34 heavy (non-hydrogen) atoms. The van der Waals surface area contributed by atoms with E-state index in [0.717, 1.165) is 12.5 Å². The van der Waals surface area contributed by atoms with Gasteiger partial charge in [0, 0.05) is 13.7 Å². The first-order valence-corrected chi connectivity index (χ1v) is 29.5. The third-order valence-electron chi connectivity index (χ3n) is 3.87. The molecular formula is C21H60O7Si6. The van der Waals surface area contributed by atoms with Crippen LogP contribution in [0.5, 0.6) is 0 Å². The summed E-state index contributed by atoms with van der Waals surface area (Å²) in [4.78, 5) is 0. The molecule has 0 fully saturated rings. The molecule has 0 saturated carbocycles. The van der Waals surface area contributed by atoms with E-state index in [4.69, 9.17) is 30.0 Å². The van der Waals surface area contributed by atoms with Gasteiger partial charge in [-0.1, -0.05) is 14.9 Å². The van der Waals surface area contributed by atoms with Gasteiger partial charge in [0.25, 0.3) is 0 Å². The van der Waals surface area contributed by atoms with Crippen molar-refractivity contribution in [3.8, 4) is 0 Å². The highest BCUT2D eigenvalue weighted by Gasteiger charge is 2.47. The molecule has 0 aromatic heterocycles. The second-order valence-electron chi connectivity index (χ2n) is 11.8. The average Bonchev–Trinajstić information content (AvgIpc) is 2.42. The Labute approximate surface area is 219 Å². The molecule has 0 bridgehead atoms. The monoisotopic (exact) mass is 592 g/mol. The molecule has 0 radical (unpaired) electrons. The maximum absolute atomic E-state index is 6.81. The molecule has 1 atom stereocenters. The Bertz CT molecular complexity index is 551. The lowest BCUT2D eigenvalue weighted by atomic mass is 10.5. The first-order chi connectivity index (χ1) is 14.1. The van der Waals surface area contributed by atoms with Crippen LogP contribution < -0.4 is 0 Å². The van der Waals surface area contributed by atoms with Crippen molar-refractivity contribution in [3.05, 3.63) is 0 Å². The van der Waals surface area contributed by atoms with E-state index in [1.807, 2.05) is 0 Å². The summed E-state index contributed by atoms with van der Waals surface area (Å²) in [5.74, 6) is 0. The lowest BCUT2D eigenvalue weighted by Crippen LogP contribution is -2.60. The summed E-state index contributed by atoms with van der Waals surface area (Å²) in [6.45, 7) is 30.0. The topological polar surface area (TPSA) is 64.6 Å². The number of hydrogen-bond acceptors (Lipinski definition) is 7. The molecule has 210 valence electrons. The highest BCUT2D eigenvalue weighted by molar-refractivity contribution is 6.91. The fourth-order valence-corrected chi connectivity index (χ4v) is 32.5. The Hall–Kier alpha value is 1.02. The largest absolute Gasteiger partial charge is 0.437 e. The van der Waals surface area contributed by atoms with Gasteiger partial charge in [-0.3, -0.25) is 0 Å². The van der Waals surface area contributed by atoms with Gasteiger partial charge in [-0.25, -0.2) is 0 Å². The molecule has 0 rings (SSSR count). The summed E-state index contributed by atoms with van der Waals surface area (Å²) in [6.07, 6.45) is 0.905. The van der Waals surface area contributed by atoms with Crippen molar-refractivity contribution in [2.75, 3.05) is 26.9 Å². The molecule has 0 spiro atoms. The van der Waals surface area contributed by atoms with Gasteiger partial charge in [0.2, 0.25) is 0 Å². The molecule has 0 aliphatic heterocycles. The minimum absolute atomic E-state index is 0. The minimum Gasteiger partial charge on any atom is -0.437 e. The fourth-order valence-electron chi connectivity index (χ4n) is 4.01. The van der Waals surface area contributed by atoms with E-state index >= 15 is 0 Å². The second-order valence-corrected chi connectivity index (χ2v) is 35.5. The maximum Gasteiger partial charge on any atom is 0.315 e. The molecule has 13 heteroatoms. The van der Waals surface area contributed by atoms with Crippen molar-refractivity contribution in [2.45, 2.75) is 112 Å². The first kappa shape index (κ1) is 39.5. The lowest BCUT2D eigenvalue weighted by molar-refractivity contribution is 0.0703.